The standard InChI is InChI=1S/C12H22/c1-4-12-7-5-6-10(2)11(3)8-9-12/h8-12H,4-7H2,1-3H3. The third kappa shape index (κ3) is 2.66. The molecular weight excluding hydrogens is 144 g/mol. The van der Waals surface area contributed by atoms with Crippen molar-refractivity contribution in [1.29, 1.82) is 0 Å². The van der Waals surface area contributed by atoms with Crippen molar-refractivity contribution in [3.63, 3.8) is 0 Å². The van der Waals surface area contributed by atoms with Gasteiger partial charge in [-0.15, -0.1) is 0 Å². The van der Waals surface area contributed by atoms with E-state index in [9.17, 15) is 0 Å². The first kappa shape index (κ1) is 9.83. The molecule has 12 heavy (non-hydrogen) atoms. The van der Waals surface area contributed by atoms with Gasteiger partial charge in [-0.05, 0) is 30.6 Å². The average molecular weight is 166 g/mol. The third-order valence-corrected chi connectivity index (χ3v) is 3.34. The largest absolute Gasteiger partial charge is 0.0852 e. The molecule has 0 spiro atoms. The molecular formula is C12H22. The predicted octanol–water partition coefficient (Wildman–Crippen LogP) is 4.02. The van der Waals surface area contributed by atoms with Gasteiger partial charge >= 0.3 is 0 Å². The van der Waals surface area contributed by atoms with Gasteiger partial charge in [0.25, 0.3) is 0 Å². The Balaban J connectivity index is 2.53. The Morgan fingerprint density at radius 1 is 1.17 bits per heavy atom. The fourth-order valence-corrected chi connectivity index (χ4v) is 1.92. The molecule has 1 aliphatic rings. The van der Waals surface area contributed by atoms with Gasteiger partial charge in [0.15, 0.2) is 0 Å². The van der Waals surface area contributed by atoms with Crippen LogP contribution in [0.4, 0.5) is 0 Å². The Morgan fingerprint density at radius 2 is 1.92 bits per heavy atom. The molecule has 0 N–H and O–H groups in total. The van der Waals surface area contributed by atoms with Crippen LogP contribution in [0, 0.1) is 17.8 Å². The molecule has 0 heterocycles. The molecule has 0 aromatic heterocycles. The maximum atomic E-state index is 2.44. The molecule has 0 bridgehead atoms. The van der Waals surface area contributed by atoms with Crippen LogP contribution in [0.1, 0.15) is 46.5 Å². The van der Waals surface area contributed by atoms with E-state index >= 15 is 0 Å². The molecule has 0 saturated heterocycles. The Kier molecular flexibility index (Phi) is 3.84. The summed E-state index contributed by atoms with van der Waals surface area (Å²) in [7, 11) is 0. The van der Waals surface area contributed by atoms with Gasteiger partial charge in [0, 0.05) is 0 Å². The lowest BCUT2D eigenvalue weighted by molar-refractivity contribution is 0.377. The molecule has 0 heteroatoms. The molecule has 0 fully saturated rings. The van der Waals surface area contributed by atoms with Crippen molar-refractivity contribution in [2.45, 2.75) is 46.5 Å². The quantitative estimate of drug-likeness (QED) is 0.516. The second-order valence-corrected chi connectivity index (χ2v) is 4.32. The fraction of sp³-hybridized carbons (Fsp3) is 0.833. The summed E-state index contributed by atoms with van der Waals surface area (Å²) in [5, 5.41) is 0. The first-order valence-corrected chi connectivity index (χ1v) is 5.42. The van der Waals surface area contributed by atoms with Crippen LogP contribution in [0.5, 0.6) is 0 Å². The summed E-state index contributed by atoms with van der Waals surface area (Å²) >= 11 is 0. The SMILES string of the molecule is CCC1C=CC(C)C(C)CCC1. The molecule has 0 aromatic rings. The Hall–Kier alpha value is -0.260. The van der Waals surface area contributed by atoms with Gasteiger partial charge in [-0.25, -0.2) is 0 Å². The van der Waals surface area contributed by atoms with Crippen molar-refractivity contribution in [1.82, 2.24) is 0 Å². The van der Waals surface area contributed by atoms with Crippen LogP contribution in [-0.4, -0.2) is 0 Å². The molecule has 3 unspecified atom stereocenters. The van der Waals surface area contributed by atoms with E-state index in [0.29, 0.717) is 0 Å². The number of hydrogen-bond acceptors (Lipinski definition) is 0. The van der Waals surface area contributed by atoms with Gasteiger partial charge in [0.1, 0.15) is 0 Å². The van der Waals surface area contributed by atoms with E-state index in [-0.39, 0.29) is 0 Å². The first-order chi connectivity index (χ1) is 5.74. The Morgan fingerprint density at radius 3 is 2.58 bits per heavy atom. The lowest BCUT2D eigenvalue weighted by Crippen LogP contribution is -2.09. The maximum Gasteiger partial charge on any atom is -0.0236 e. The van der Waals surface area contributed by atoms with Crippen molar-refractivity contribution in [3.8, 4) is 0 Å². The highest BCUT2D eigenvalue weighted by molar-refractivity contribution is 4.94. The molecule has 1 aliphatic carbocycles. The molecule has 3 atom stereocenters. The van der Waals surface area contributed by atoms with E-state index in [4.69, 9.17) is 0 Å². The zero-order chi connectivity index (χ0) is 8.97. The molecule has 70 valence electrons. The van der Waals surface area contributed by atoms with Crippen LogP contribution in [0.3, 0.4) is 0 Å². The molecule has 0 aromatic carbocycles. The summed E-state index contributed by atoms with van der Waals surface area (Å²) in [6.45, 7) is 7.02. The van der Waals surface area contributed by atoms with Crippen molar-refractivity contribution in [3.05, 3.63) is 12.2 Å². The summed E-state index contributed by atoms with van der Waals surface area (Å²) in [6.07, 6.45) is 10.4. The topological polar surface area (TPSA) is 0 Å². The van der Waals surface area contributed by atoms with Gasteiger partial charge in [-0.1, -0.05) is 45.8 Å². The summed E-state index contributed by atoms with van der Waals surface area (Å²) in [4.78, 5) is 0. The molecule has 0 amide bonds. The van der Waals surface area contributed by atoms with Crippen LogP contribution >= 0.6 is 0 Å². The van der Waals surface area contributed by atoms with Crippen molar-refractivity contribution in [2.75, 3.05) is 0 Å². The van der Waals surface area contributed by atoms with Crippen LogP contribution in [0.15, 0.2) is 12.2 Å². The molecule has 0 radical (unpaired) electrons. The number of rotatable bonds is 1. The Labute approximate surface area is 77.1 Å². The summed E-state index contributed by atoms with van der Waals surface area (Å²) in [5.74, 6) is 2.54. The smallest absolute Gasteiger partial charge is 0.0236 e. The van der Waals surface area contributed by atoms with Crippen LogP contribution in [0.25, 0.3) is 0 Å². The second-order valence-electron chi connectivity index (χ2n) is 4.32. The molecule has 0 aliphatic heterocycles. The van der Waals surface area contributed by atoms with Crippen molar-refractivity contribution < 1.29 is 0 Å². The minimum absolute atomic E-state index is 0.791. The van der Waals surface area contributed by atoms with Gasteiger partial charge in [0.05, 0.1) is 0 Å². The van der Waals surface area contributed by atoms with Crippen molar-refractivity contribution >= 4 is 0 Å². The zero-order valence-corrected chi connectivity index (χ0v) is 8.72. The fourth-order valence-electron chi connectivity index (χ4n) is 1.92. The average Bonchev–Trinajstić information content (AvgIpc) is 2.07. The second kappa shape index (κ2) is 4.69. The van der Waals surface area contributed by atoms with Crippen LogP contribution in [-0.2, 0) is 0 Å². The lowest BCUT2D eigenvalue weighted by atomic mass is 9.84. The van der Waals surface area contributed by atoms with Crippen LogP contribution in [0.2, 0.25) is 0 Å². The van der Waals surface area contributed by atoms with E-state index in [1.807, 2.05) is 0 Å². The van der Waals surface area contributed by atoms with E-state index in [1.54, 1.807) is 0 Å². The highest BCUT2D eigenvalue weighted by atomic mass is 14.2. The number of hydrogen-bond donors (Lipinski definition) is 0. The molecule has 0 saturated carbocycles. The first-order valence-electron chi connectivity index (χ1n) is 5.42. The van der Waals surface area contributed by atoms with Gasteiger partial charge < -0.3 is 0 Å². The highest BCUT2D eigenvalue weighted by Gasteiger charge is 2.13. The lowest BCUT2D eigenvalue weighted by Gasteiger charge is -2.21. The minimum Gasteiger partial charge on any atom is -0.0852 e. The van der Waals surface area contributed by atoms with Gasteiger partial charge in [-0.2, -0.15) is 0 Å². The number of allylic oxidation sites excluding steroid dienone is 2. The summed E-state index contributed by atoms with van der Waals surface area (Å²) in [5.41, 5.74) is 0. The monoisotopic (exact) mass is 166 g/mol. The van der Waals surface area contributed by atoms with Crippen LogP contribution < -0.4 is 0 Å². The zero-order valence-electron chi connectivity index (χ0n) is 8.72. The molecule has 1 rings (SSSR count). The predicted molar refractivity (Wildman–Crippen MR) is 55.1 cm³/mol. The van der Waals surface area contributed by atoms with Crippen molar-refractivity contribution in [2.24, 2.45) is 17.8 Å². The van der Waals surface area contributed by atoms with E-state index in [1.165, 1.54) is 25.7 Å². The Bertz CT molecular complexity index is 142. The maximum absolute atomic E-state index is 2.44. The van der Waals surface area contributed by atoms with Gasteiger partial charge in [-0.3, -0.25) is 0 Å². The van der Waals surface area contributed by atoms with E-state index in [2.05, 4.69) is 32.9 Å². The highest BCUT2D eigenvalue weighted by Crippen LogP contribution is 2.26. The van der Waals surface area contributed by atoms with E-state index < -0.39 is 0 Å². The summed E-state index contributed by atoms with van der Waals surface area (Å²) < 4.78 is 0. The van der Waals surface area contributed by atoms with E-state index in [0.717, 1.165) is 17.8 Å². The minimum atomic E-state index is 0.791. The molecule has 0 nitrogen and oxygen atoms in total. The van der Waals surface area contributed by atoms with Gasteiger partial charge in [0.2, 0.25) is 0 Å². The third-order valence-electron chi connectivity index (χ3n) is 3.34. The summed E-state index contributed by atoms with van der Waals surface area (Å²) in [6, 6.07) is 0. The normalized spacial score (nSPS) is 37.4.